The number of rotatable bonds is 6. The van der Waals surface area contributed by atoms with Crippen LogP contribution in [0.25, 0.3) is 0 Å². The molecule has 0 aliphatic carbocycles. The van der Waals surface area contributed by atoms with Gasteiger partial charge < -0.3 is 25.3 Å². The summed E-state index contributed by atoms with van der Waals surface area (Å²) in [6, 6.07) is 8.48. The van der Waals surface area contributed by atoms with Crippen molar-refractivity contribution < 1.29 is 9.13 Å². The number of aromatic nitrogens is 2. The standard InChI is InChI=1S/C25H33FN8O/c26-9-12-32-13-15-33(16-14-32)19-7-5-18(6-8-19)28-23-21-20(17-27-31-24-22(21)35-24)29-25(30-23)34-10-3-1-2-4-11-34/h5-8,22,27H,1-4,9-17H2,(H,28,29,30). The Labute approximate surface area is 205 Å². The van der Waals surface area contributed by atoms with Crippen LogP contribution in [-0.2, 0) is 11.3 Å². The molecule has 1 aromatic heterocycles. The third kappa shape index (κ3) is 4.84. The van der Waals surface area contributed by atoms with Gasteiger partial charge in [-0.05, 0) is 37.1 Å². The minimum atomic E-state index is -0.276. The van der Waals surface area contributed by atoms with Crippen LogP contribution in [-0.4, -0.2) is 73.3 Å². The maximum Gasteiger partial charge on any atom is 0.253 e. The maximum atomic E-state index is 12.6. The van der Waals surface area contributed by atoms with E-state index in [1.165, 1.54) is 31.4 Å². The summed E-state index contributed by atoms with van der Waals surface area (Å²) in [4.78, 5) is 16.8. The third-order valence-electron chi connectivity index (χ3n) is 7.27. The van der Waals surface area contributed by atoms with E-state index in [4.69, 9.17) is 14.7 Å². The van der Waals surface area contributed by atoms with E-state index in [0.29, 0.717) is 19.0 Å². The lowest BCUT2D eigenvalue weighted by molar-refractivity contribution is 0.235. The predicted octanol–water partition coefficient (Wildman–Crippen LogP) is 3.18. The van der Waals surface area contributed by atoms with E-state index < -0.39 is 0 Å². The van der Waals surface area contributed by atoms with Crippen LogP contribution in [0.15, 0.2) is 29.4 Å². The summed E-state index contributed by atoms with van der Waals surface area (Å²) < 4.78 is 18.3. The highest BCUT2D eigenvalue weighted by Gasteiger charge is 2.44. The number of anilines is 4. The van der Waals surface area contributed by atoms with Gasteiger partial charge in [-0.1, -0.05) is 12.8 Å². The highest BCUT2D eigenvalue weighted by Crippen LogP contribution is 2.41. The second-order valence-corrected chi connectivity index (χ2v) is 9.61. The van der Waals surface area contributed by atoms with E-state index in [9.17, 15) is 4.39 Å². The molecule has 186 valence electrons. The highest BCUT2D eigenvalue weighted by molar-refractivity contribution is 5.96. The summed E-state index contributed by atoms with van der Waals surface area (Å²) in [6.45, 7) is 6.42. The maximum absolute atomic E-state index is 12.6. The van der Waals surface area contributed by atoms with Crippen molar-refractivity contribution in [1.29, 1.82) is 0 Å². The van der Waals surface area contributed by atoms with Gasteiger partial charge in [0, 0.05) is 57.2 Å². The number of fused-ring (bicyclic) bond motifs is 3. The Morgan fingerprint density at radius 1 is 0.943 bits per heavy atom. The first-order chi connectivity index (χ1) is 17.3. The van der Waals surface area contributed by atoms with Crippen LogP contribution in [0.3, 0.4) is 0 Å². The van der Waals surface area contributed by atoms with Gasteiger partial charge in [0.1, 0.15) is 12.5 Å². The van der Waals surface area contributed by atoms with Crippen LogP contribution in [0.5, 0.6) is 0 Å². The van der Waals surface area contributed by atoms with Gasteiger partial charge >= 0.3 is 0 Å². The highest BCUT2D eigenvalue weighted by atomic mass is 19.1. The number of benzene rings is 1. The smallest absolute Gasteiger partial charge is 0.253 e. The molecule has 1 atom stereocenters. The number of hydrazone groups is 1. The number of hydrogen-bond acceptors (Lipinski definition) is 9. The van der Waals surface area contributed by atoms with Gasteiger partial charge in [-0.25, -0.2) is 9.37 Å². The second kappa shape index (κ2) is 9.85. The monoisotopic (exact) mass is 480 g/mol. The zero-order chi connectivity index (χ0) is 23.6. The molecule has 4 aliphatic heterocycles. The molecule has 1 unspecified atom stereocenters. The lowest BCUT2D eigenvalue weighted by Gasteiger charge is -2.35. The Hall–Kier alpha value is -3.14. The number of piperazine rings is 1. The molecule has 9 nitrogen and oxygen atoms in total. The Kier molecular flexibility index (Phi) is 6.28. The number of nitrogens with zero attached hydrogens (tertiary/aromatic N) is 6. The van der Waals surface area contributed by atoms with E-state index >= 15 is 0 Å². The first-order valence-electron chi connectivity index (χ1n) is 12.8. The molecule has 35 heavy (non-hydrogen) atoms. The number of nitrogens with one attached hydrogen (secondary N) is 2. The Balaban J connectivity index is 1.23. The van der Waals surface area contributed by atoms with Crippen LogP contribution in [0, 0.1) is 0 Å². The van der Waals surface area contributed by atoms with Gasteiger partial charge in [0.15, 0.2) is 0 Å². The quantitative estimate of drug-likeness (QED) is 0.610. The van der Waals surface area contributed by atoms with Gasteiger partial charge in [0.2, 0.25) is 12.1 Å². The van der Waals surface area contributed by atoms with Gasteiger partial charge in [-0.15, -0.1) is 5.10 Å². The lowest BCUT2D eigenvalue weighted by Crippen LogP contribution is -2.47. The second-order valence-electron chi connectivity index (χ2n) is 9.61. The van der Waals surface area contributed by atoms with Gasteiger partial charge in [-0.3, -0.25) is 4.90 Å². The average Bonchev–Trinajstić information content (AvgIpc) is 3.69. The topological polar surface area (TPSA) is 84.5 Å². The summed E-state index contributed by atoms with van der Waals surface area (Å²) in [7, 11) is 0. The molecule has 2 N–H and O–H groups in total. The molecule has 4 aliphatic rings. The first kappa shape index (κ1) is 22.3. The molecular formula is C25H33FN8O. The van der Waals surface area contributed by atoms with E-state index in [-0.39, 0.29) is 12.8 Å². The zero-order valence-corrected chi connectivity index (χ0v) is 20.0. The van der Waals surface area contributed by atoms with Crippen LogP contribution in [0.1, 0.15) is 43.0 Å². The molecule has 10 heteroatoms. The molecule has 0 radical (unpaired) electrons. The van der Waals surface area contributed by atoms with Crippen molar-refractivity contribution >= 4 is 29.0 Å². The van der Waals surface area contributed by atoms with Crippen molar-refractivity contribution in [1.82, 2.24) is 20.3 Å². The number of ether oxygens (including phenoxy) is 1. The van der Waals surface area contributed by atoms with Gasteiger partial charge in [-0.2, -0.15) is 4.98 Å². The van der Waals surface area contributed by atoms with E-state index in [1.807, 2.05) is 0 Å². The number of hydrogen-bond donors (Lipinski definition) is 2. The molecule has 2 aromatic rings. The van der Waals surface area contributed by atoms with Crippen molar-refractivity contribution in [3.63, 3.8) is 0 Å². The van der Waals surface area contributed by atoms with Crippen LogP contribution in [0.2, 0.25) is 0 Å². The number of epoxide rings is 1. The van der Waals surface area contributed by atoms with Crippen molar-refractivity contribution in [2.24, 2.45) is 5.10 Å². The fraction of sp³-hybridized carbons (Fsp3) is 0.560. The fourth-order valence-electron chi connectivity index (χ4n) is 5.21. The molecule has 0 spiro atoms. The number of alkyl halides is 1. The van der Waals surface area contributed by atoms with E-state index in [0.717, 1.165) is 68.0 Å². The van der Waals surface area contributed by atoms with Crippen molar-refractivity contribution in [3.05, 3.63) is 35.5 Å². The summed E-state index contributed by atoms with van der Waals surface area (Å²) >= 11 is 0. The molecule has 3 saturated heterocycles. The summed E-state index contributed by atoms with van der Waals surface area (Å²) in [5.74, 6) is 2.27. The van der Waals surface area contributed by atoms with Gasteiger partial charge in [0.05, 0.1) is 17.8 Å². The molecule has 6 rings (SSSR count). The van der Waals surface area contributed by atoms with Crippen molar-refractivity contribution in [2.45, 2.75) is 38.3 Å². The largest absolute Gasteiger partial charge is 0.458 e. The Bertz CT molecular complexity index is 1060. The normalized spacial score (nSPS) is 22.1. The minimum Gasteiger partial charge on any atom is -0.458 e. The molecule has 5 heterocycles. The van der Waals surface area contributed by atoms with Crippen LogP contribution in [0.4, 0.5) is 27.5 Å². The Morgan fingerprint density at radius 2 is 1.71 bits per heavy atom. The molecule has 3 fully saturated rings. The van der Waals surface area contributed by atoms with Crippen molar-refractivity contribution in [2.75, 3.05) is 67.6 Å². The average molecular weight is 481 g/mol. The fourth-order valence-corrected chi connectivity index (χ4v) is 5.21. The zero-order valence-electron chi connectivity index (χ0n) is 20.0. The predicted molar refractivity (Wildman–Crippen MR) is 135 cm³/mol. The van der Waals surface area contributed by atoms with Crippen molar-refractivity contribution in [3.8, 4) is 0 Å². The lowest BCUT2D eigenvalue weighted by atomic mass is 10.1. The minimum absolute atomic E-state index is 0.180. The van der Waals surface area contributed by atoms with Gasteiger partial charge in [0.25, 0.3) is 5.90 Å². The van der Waals surface area contributed by atoms with Crippen LogP contribution >= 0.6 is 0 Å². The molecular weight excluding hydrogens is 447 g/mol. The van der Waals surface area contributed by atoms with E-state index in [2.05, 4.69) is 54.8 Å². The molecule has 0 saturated carbocycles. The molecule has 0 bridgehead atoms. The third-order valence-corrected chi connectivity index (χ3v) is 7.27. The Morgan fingerprint density at radius 3 is 2.46 bits per heavy atom. The summed E-state index contributed by atoms with van der Waals surface area (Å²) in [5.41, 5.74) is 7.15. The SMILES string of the molecule is FCCN1CCN(c2ccc(Nc3nc(N4CCCCCC4)nc4c3C3OC3=NNC4)cc2)CC1. The summed E-state index contributed by atoms with van der Waals surface area (Å²) in [6.07, 6.45) is 4.69. The number of halogens is 1. The summed E-state index contributed by atoms with van der Waals surface area (Å²) in [5, 5.41) is 7.86. The van der Waals surface area contributed by atoms with E-state index in [1.54, 1.807) is 0 Å². The van der Waals surface area contributed by atoms with Crippen LogP contribution < -0.4 is 20.5 Å². The molecule has 0 amide bonds. The first-order valence-corrected chi connectivity index (χ1v) is 12.8. The molecule has 1 aromatic carbocycles.